The highest BCUT2D eigenvalue weighted by atomic mass is 16.5. The molecule has 0 saturated heterocycles. The molecular weight excluding hydrogens is 738 g/mol. The number of nitrogens with two attached hydrogens (primary N) is 2. The van der Waals surface area contributed by atoms with Gasteiger partial charge >= 0.3 is 11.9 Å². The number of aliphatic hydroxyl groups is 1. The van der Waals surface area contributed by atoms with Crippen molar-refractivity contribution in [3.05, 3.63) is 53.2 Å². The average molecular weight is 784 g/mol. The van der Waals surface area contributed by atoms with E-state index < -0.39 is 85.3 Å². The number of hydrogen-bond donors (Lipinski definition) is 12. The molecule has 0 radical (unpaired) electrons. The highest BCUT2D eigenvalue weighted by molar-refractivity contribution is 5.96. The van der Waals surface area contributed by atoms with Gasteiger partial charge in [0.25, 0.3) is 0 Å². The number of aromatic hydroxyl groups is 1. The molecular formula is C35H45N9O12. The van der Waals surface area contributed by atoms with Gasteiger partial charge in [-0.3, -0.25) is 34.3 Å². The lowest BCUT2D eigenvalue weighted by molar-refractivity contribution is -0.144. The lowest BCUT2D eigenvalue weighted by atomic mass is 9.89. The minimum atomic E-state index is -1.76. The summed E-state index contributed by atoms with van der Waals surface area (Å²) < 4.78 is 10.8. The number of guanidine groups is 1. The molecule has 0 spiro atoms. The molecule has 2 heterocycles. The number of hydrogen-bond acceptors (Lipinski definition) is 12. The number of carboxylic acid groups (broad SMARTS) is 2. The van der Waals surface area contributed by atoms with E-state index in [1.165, 1.54) is 14.2 Å². The number of rotatable bonds is 19. The zero-order chi connectivity index (χ0) is 41.1. The number of phenolic OH excluding ortho intramolecular Hbond substituents is 1. The molecule has 5 atom stereocenters. The lowest BCUT2D eigenvalue weighted by Crippen LogP contribution is -2.57. The Labute approximate surface area is 319 Å². The van der Waals surface area contributed by atoms with E-state index in [4.69, 9.17) is 26.0 Å². The maximum atomic E-state index is 14.1. The van der Waals surface area contributed by atoms with Gasteiger partial charge in [-0.2, -0.15) is 0 Å². The van der Waals surface area contributed by atoms with Crippen molar-refractivity contribution in [1.29, 1.82) is 0 Å². The molecule has 2 aromatic carbocycles. The number of para-hydroxylation sites is 1. The summed E-state index contributed by atoms with van der Waals surface area (Å²) in [6.07, 6.45) is -0.507. The molecule has 21 heteroatoms. The molecule has 1 aromatic heterocycles. The number of carbonyl (C=O) groups is 6. The summed E-state index contributed by atoms with van der Waals surface area (Å²) in [7, 11) is 2.78. The Hall–Kier alpha value is -6.61. The number of methoxy groups -OCH3 is 2. The summed E-state index contributed by atoms with van der Waals surface area (Å²) in [5, 5.41) is 51.5. The molecule has 302 valence electrons. The summed E-state index contributed by atoms with van der Waals surface area (Å²) in [4.78, 5) is 82.8. The second-order valence-electron chi connectivity index (χ2n) is 12.7. The number of aliphatic carboxylic acids is 2. The van der Waals surface area contributed by atoms with Crippen LogP contribution in [0.1, 0.15) is 42.1 Å². The smallest absolute Gasteiger partial charge is 0.328 e. The van der Waals surface area contributed by atoms with Crippen LogP contribution >= 0.6 is 0 Å². The predicted molar refractivity (Wildman–Crippen MR) is 198 cm³/mol. The van der Waals surface area contributed by atoms with E-state index in [9.17, 15) is 44.1 Å². The van der Waals surface area contributed by atoms with Gasteiger partial charge in [-0.05, 0) is 48.6 Å². The molecule has 56 heavy (non-hydrogen) atoms. The van der Waals surface area contributed by atoms with E-state index in [0.717, 1.165) is 22.2 Å². The fourth-order valence-electron chi connectivity index (χ4n) is 6.17. The van der Waals surface area contributed by atoms with Crippen LogP contribution in [0.3, 0.4) is 0 Å². The Morgan fingerprint density at radius 2 is 1.62 bits per heavy atom. The van der Waals surface area contributed by atoms with Crippen LogP contribution in [-0.4, -0.2) is 125 Å². The molecule has 1 aliphatic rings. The number of H-pyrrole nitrogens is 1. The van der Waals surface area contributed by atoms with Gasteiger partial charge in [-0.1, -0.05) is 18.2 Å². The van der Waals surface area contributed by atoms with Crippen LogP contribution in [0.15, 0.2) is 41.4 Å². The van der Waals surface area contributed by atoms with Gasteiger partial charge in [0, 0.05) is 23.1 Å². The molecule has 4 rings (SSSR count). The van der Waals surface area contributed by atoms with Crippen molar-refractivity contribution in [3.63, 3.8) is 0 Å². The maximum Gasteiger partial charge on any atom is 0.328 e. The van der Waals surface area contributed by atoms with E-state index in [2.05, 4.69) is 31.2 Å². The van der Waals surface area contributed by atoms with Crippen molar-refractivity contribution < 1.29 is 58.7 Å². The normalized spacial score (nSPS) is 16.3. The third kappa shape index (κ3) is 10.5. The summed E-state index contributed by atoms with van der Waals surface area (Å²) >= 11 is 0. The van der Waals surface area contributed by atoms with Crippen LogP contribution in [0.5, 0.6) is 17.2 Å². The fraction of sp³-hybridized carbons (Fsp3) is 0.400. The van der Waals surface area contributed by atoms with Crippen molar-refractivity contribution in [2.45, 2.75) is 55.9 Å². The molecule has 4 amide bonds. The Kier molecular flexibility index (Phi) is 14.4. The van der Waals surface area contributed by atoms with Crippen LogP contribution in [0.2, 0.25) is 0 Å². The van der Waals surface area contributed by atoms with E-state index >= 15 is 0 Å². The Morgan fingerprint density at radius 3 is 2.23 bits per heavy atom. The number of carboxylic acids is 2. The van der Waals surface area contributed by atoms with E-state index in [1.54, 1.807) is 12.1 Å². The van der Waals surface area contributed by atoms with Crippen molar-refractivity contribution in [2.75, 3.05) is 33.9 Å². The minimum Gasteiger partial charge on any atom is -0.502 e. The van der Waals surface area contributed by atoms with Crippen LogP contribution in [0, 0.1) is 0 Å². The number of aliphatic hydroxyl groups excluding tert-OH is 1. The number of carbonyl (C=O) groups excluding carboxylic acids is 4. The number of aromatic amines is 1. The number of ether oxygens (including phenoxy) is 2. The summed E-state index contributed by atoms with van der Waals surface area (Å²) in [5.74, 6) is -6.81. The van der Waals surface area contributed by atoms with E-state index in [-0.39, 0.29) is 49.0 Å². The average Bonchev–Trinajstić information content (AvgIpc) is 3.54. The van der Waals surface area contributed by atoms with Gasteiger partial charge < -0.3 is 67.6 Å². The van der Waals surface area contributed by atoms with E-state index in [1.807, 2.05) is 29.6 Å². The number of benzene rings is 2. The third-order valence-corrected chi connectivity index (χ3v) is 8.89. The molecule has 0 aliphatic carbocycles. The van der Waals surface area contributed by atoms with Crippen LogP contribution < -0.4 is 47.5 Å². The number of nitrogens with zero attached hydrogens (tertiary/aromatic N) is 1. The number of aromatic nitrogens is 1. The Balaban J connectivity index is 1.55. The summed E-state index contributed by atoms with van der Waals surface area (Å²) in [6, 6.07) is 4.42. The first-order valence-electron chi connectivity index (χ1n) is 17.3. The van der Waals surface area contributed by atoms with Gasteiger partial charge in [-0.15, -0.1) is 0 Å². The molecule has 0 fully saturated rings. The Bertz CT molecular complexity index is 1950. The van der Waals surface area contributed by atoms with Crippen molar-refractivity contribution in [2.24, 2.45) is 16.5 Å². The number of amides is 4. The van der Waals surface area contributed by atoms with Gasteiger partial charge in [-0.25, -0.2) is 4.79 Å². The quantitative estimate of drug-likeness (QED) is 0.0345. The molecule has 2 unspecified atom stereocenters. The second kappa shape index (κ2) is 19.1. The van der Waals surface area contributed by atoms with Crippen LogP contribution in [0.4, 0.5) is 0 Å². The van der Waals surface area contributed by atoms with Crippen LogP contribution in [-0.2, 0) is 35.2 Å². The highest BCUT2D eigenvalue weighted by Crippen LogP contribution is 2.42. The highest BCUT2D eigenvalue weighted by Gasteiger charge is 2.36. The molecule has 1 aliphatic heterocycles. The van der Waals surface area contributed by atoms with E-state index in [0.29, 0.717) is 5.56 Å². The SMILES string of the molecule is COc1cc(C2NC(C(=O)N[C@@H](CCCN=C(N)N)C(=O)NCC(=O)N[C@@H](CC(=O)O)C(=O)N[C@@H](CO)C(=O)O)Cc3c2[nH]c2ccccc32)cc(OC)c1O. The van der Waals surface area contributed by atoms with Gasteiger partial charge in [0.2, 0.25) is 29.4 Å². The van der Waals surface area contributed by atoms with Crippen LogP contribution in [0.25, 0.3) is 10.9 Å². The van der Waals surface area contributed by atoms with Crippen molar-refractivity contribution >= 4 is 52.4 Å². The predicted octanol–water partition coefficient (Wildman–Crippen LogP) is -2.33. The summed E-state index contributed by atoms with van der Waals surface area (Å²) in [6.45, 7) is -1.66. The molecule has 0 bridgehead atoms. The van der Waals surface area contributed by atoms with Gasteiger partial charge in [0.1, 0.15) is 18.1 Å². The first kappa shape index (κ1) is 42.1. The number of fused-ring (bicyclic) bond motifs is 3. The monoisotopic (exact) mass is 783 g/mol. The topological polar surface area (TPSA) is 342 Å². The second-order valence-corrected chi connectivity index (χ2v) is 12.7. The van der Waals surface area contributed by atoms with Gasteiger partial charge in [0.15, 0.2) is 17.5 Å². The number of aliphatic imine (C=N–C) groups is 1. The number of phenols is 1. The summed E-state index contributed by atoms with van der Waals surface area (Å²) in [5.41, 5.74) is 13.9. The van der Waals surface area contributed by atoms with Gasteiger partial charge in [0.05, 0.1) is 45.9 Å². The van der Waals surface area contributed by atoms with Crippen molar-refractivity contribution in [1.82, 2.24) is 31.6 Å². The first-order chi connectivity index (χ1) is 26.7. The zero-order valence-corrected chi connectivity index (χ0v) is 30.5. The Morgan fingerprint density at radius 1 is 0.946 bits per heavy atom. The maximum absolute atomic E-state index is 14.1. The van der Waals surface area contributed by atoms with Crippen molar-refractivity contribution in [3.8, 4) is 17.2 Å². The number of nitrogens with one attached hydrogen (secondary N) is 6. The largest absolute Gasteiger partial charge is 0.502 e. The third-order valence-electron chi connectivity index (χ3n) is 8.89. The zero-order valence-electron chi connectivity index (χ0n) is 30.5. The first-order valence-corrected chi connectivity index (χ1v) is 17.3. The molecule has 21 nitrogen and oxygen atoms in total. The fourth-order valence-corrected chi connectivity index (χ4v) is 6.17. The molecule has 3 aromatic rings. The minimum absolute atomic E-state index is 0.0125. The molecule has 0 saturated carbocycles. The lowest BCUT2D eigenvalue weighted by Gasteiger charge is -2.32. The standard InChI is InChI=1S/C35H45N9O12/c1-55-24-10-16(11-25(56-2)30(24)49)28-29-18(17-6-3-4-7-19(17)41-29)12-21(42-28)32(51)43-20(8-5-9-38-35(36)37)31(50)39-14-26(46)40-22(13-27(47)48)33(52)44-23(15-45)34(53)54/h3-4,6-7,10-11,20-23,28,41-42,45,49H,5,8-9,12-15H2,1-2H3,(H,39,50)(H,40,46)(H,43,51)(H,44,52)(H,47,48)(H,53,54)(H4,36,37,38)/t20-,21?,22-,23-,28?/m0/s1. The molecule has 14 N–H and O–H groups in total.